The van der Waals surface area contributed by atoms with Crippen LogP contribution in [0.1, 0.15) is 50.6 Å². The third kappa shape index (κ3) is 4.65. The molecule has 1 fully saturated rings. The van der Waals surface area contributed by atoms with Crippen LogP contribution in [-0.2, 0) is 31.3 Å². The fourth-order valence-corrected chi connectivity index (χ4v) is 5.27. The van der Waals surface area contributed by atoms with E-state index < -0.39 is 11.0 Å². The van der Waals surface area contributed by atoms with E-state index in [2.05, 4.69) is 4.98 Å². The summed E-state index contributed by atoms with van der Waals surface area (Å²) >= 11 is 1.41. The molecule has 0 aliphatic heterocycles. The summed E-state index contributed by atoms with van der Waals surface area (Å²) in [6, 6.07) is 5.49. The zero-order valence-corrected chi connectivity index (χ0v) is 18.5. The van der Waals surface area contributed by atoms with Gasteiger partial charge in [-0.1, -0.05) is 13.8 Å². The maximum Gasteiger partial charge on any atom is 0.309 e. The molecule has 1 saturated carbocycles. The molecule has 162 valence electrons. The van der Waals surface area contributed by atoms with Crippen LogP contribution in [0, 0.1) is 11.3 Å². The van der Waals surface area contributed by atoms with E-state index in [1.165, 1.54) is 25.4 Å². The van der Waals surface area contributed by atoms with Crippen LogP contribution in [0.2, 0.25) is 0 Å². The van der Waals surface area contributed by atoms with Crippen molar-refractivity contribution in [2.75, 3.05) is 12.8 Å². The lowest BCUT2D eigenvalue weighted by atomic mass is 9.63. The minimum Gasteiger partial charge on any atom is -0.469 e. The third-order valence-electron chi connectivity index (χ3n) is 5.67. The first kappa shape index (κ1) is 22.2. The zero-order chi connectivity index (χ0) is 22.1. The number of carbonyl (C=O) groups excluding carboxylic acids is 2. The number of aromatic nitrogens is 1. The molecule has 0 radical (unpaired) electrons. The lowest BCUT2D eigenvalue weighted by molar-refractivity contribution is -0.157. The van der Waals surface area contributed by atoms with Gasteiger partial charge in [-0.05, 0) is 54.0 Å². The first-order chi connectivity index (χ1) is 14.0. The van der Waals surface area contributed by atoms with Gasteiger partial charge in [0.2, 0.25) is 0 Å². The van der Waals surface area contributed by atoms with Gasteiger partial charge in [0, 0.05) is 18.8 Å². The number of hydrogen-bond donors (Lipinski definition) is 2. The summed E-state index contributed by atoms with van der Waals surface area (Å²) in [6.45, 7) is 5.46. The van der Waals surface area contributed by atoms with Gasteiger partial charge in [-0.25, -0.2) is 4.98 Å². The Balaban J connectivity index is 1.84. The Morgan fingerprint density at radius 2 is 2.07 bits per heavy atom. The van der Waals surface area contributed by atoms with Gasteiger partial charge < -0.3 is 20.3 Å². The molecule has 2 aromatic rings. The summed E-state index contributed by atoms with van der Waals surface area (Å²) in [5, 5.41) is 12.0. The molecular weight excluding hydrogens is 404 g/mol. The van der Waals surface area contributed by atoms with Crippen molar-refractivity contribution in [2.24, 2.45) is 11.3 Å². The lowest BCUT2D eigenvalue weighted by Crippen LogP contribution is -2.45. The topological polar surface area (TPSA) is 112 Å². The van der Waals surface area contributed by atoms with Crippen LogP contribution in [0.3, 0.4) is 0 Å². The van der Waals surface area contributed by atoms with E-state index in [9.17, 15) is 14.7 Å². The number of methoxy groups -OCH3 is 1. The van der Waals surface area contributed by atoms with Gasteiger partial charge in [-0.3, -0.25) is 9.59 Å². The Morgan fingerprint density at radius 3 is 2.70 bits per heavy atom. The molecule has 1 heterocycles. The summed E-state index contributed by atoms with van der Waals surface area (Å²) < 4.78 is 10.0. The number of nitrogens with zero attached hydrogens (tertiary/aromatic N) is 1. The molecule has 3 rings (SSSR count). The number of nitrogens with two attached hydrogens (primary N) is 1. The molecule has 0 unspecified atom stereocenters. The molecule has 3 N–H and O–H groups in total. The van der Waals surface area contributed by atoms with E-state index in [1.54, 1.807) is 12.3 Å². The first-order valence-electron chi connectivity index (χ1n) is 9.84. The van der Waals surface area contributed by atoms with Gasteiger partial charge >= 0.3 is 11.9 Å². The maximum absolute atomic E-state index is 12.1. The van der Waals surface area contributed by atoms with Crippen molar-refractivity contribution in [3.8, 4) is 10.4 Å². The molecule has 1 aliphatic rings. The van der Waals surface area contributed by atoms with Crippen LogP contribution in [-0.4, -0.2) is 29.1 Å². The molecule has 1 aromatic carbocycles. The normalized spacial score (nSPS) is 23.0. The molecule has 7 nitrogen and oxygen atoms in total. The van der Waals surface area contributed by atoms with Gasteiger partial charge in [-0.15, -0.1) is 11.3 Å². The Kier molecular flexibility index (Phi) is 6.19. The summed E-state index contributed by atoms with van der Waals surface area (Å²) in [5.41, 5.74) is 6.70. The third-order valence-corrected chi connectivity index (χ3v) is 6.91. The van der Waals surface area contributed by atoms with Crippen molar-refractivity contribution in [1.82, 2.24) is 4.98 Å². The van der Waals surface area contributed by atoms with Crippen LogP contribution in [0.25, 0.3) is 10.4 Å². The second-order valence-corrected chi connectivity index (χ2v) is 9.62. The molecule has 30 heavy (non-hydrogen) atoms. The van der Waals surface area contributed by atoms with Crippen molar-refractivity contribution in [2.45, 2.75) is 52.2 Å². The number of benzene rings is 1. The molecule has 2 atom stereocenters. The van der Waals surface area contributed by atoms with Gasteiger partial charge in [-0.2, -0.15) is 0 Å². The van der Waals surface area contributed by atoms with E-state index in [1.807, 2.05) is 26.0 Å². The smallest absolute Gasteiger partial charge is 0.309 e. The molecule has 8 heteroatoms. The van der Waals surface area contributed by atoms with Crippen LogP contribution < -0.4 is 5.73 Å². The van der Waals surface area contributed by atoms with Crippen LogP contribution in [0.4, 0.5) is 5.69 Å². The van der Waals surface area contributed by atoms with Crippen molar-refractivity contribution >= 4 is 29.0 Å². The van der Waals surface area contributed by atoms with Crippen LogP contribution in [0.5, 0.6) is 0 Å². The molecule has 0 amide bonds. The number of nitrogen functional groups attached to an aromatic ring is 1. The Morgan fingerprint density at radius 1 is 1.33 bits per heavy atom. The van der Waals surface area contributed by atoms with Crippen LogP contribution in [0.15, 0.2) is 24.4 Å². The summed E-state index contributed by atoms with van der Waals surface area (Å²) in [5.74, 6) is -0.839. The fraction of sp³-hybridized carbons (Fsp3) is 0.500. The van der Waals surface area contributed by atoms with Crippen molar-refractivity contribution in [3.63, 3.8) is 0 Å². The second kappa shape index (κ2) is 8.35. The highest BCUT2D eigenvalue weighted by molar-refractivity contribution is 7.15. The highest BCUT2D eigenvalue weighted by Gasteiger charge is 2.49. The number of rotatable bonds is 5. The Bertz CT molecular complexity index is 955. The van der Waals surface area contributed by atoms with Crippen molar-refractivity contribution < 1.29 is 24.2 Å². The number of carbonyl (C=O) groups is 2. The molecule has 0 saturated heterocycles. The predicted octanol–water partition coefficient (Wildman–Crippen LogP) is 3.64. The average Bonchev–Trinajstić information content (AvgIpc) is 3.16. The highest BCUT2D eigenvalue weighted by Crippen LogP contribution is 2.51. The van der Waals surface area contributed by atoms with Gasteiger partial charge in [0.15, 0.2) is 0 Å². The van der Waals surface area contributed by atoms with Crippen molar-refractivity contribution in [3.05, 3.63) is 35.0 Å². The number of anilines is 1. The summed E-state index contributed by atoms with van der Waals surface area (Å²) in [7, 11) is 1.40. The summed E-state index contributed by atoms with van der Waals surface area (Å²) in [4.78, 5) is 28.6. The van der Waals surface area contributed by atoms with E-state index in [-0.39, 0.29) is 24.5 Å². The van der Waals surface area contributed by atoms with E-state index in [4.69, 9.17) is 15.2 Å². The van der Waals surface area contributed by atoms with E-state index >= 15 is 0 Å². The van der Waals surface area contributed by atoms with E-state index in [0.29, 0.717) is 30.0 Å². The standard InChI is InChI=1S/C22H28N2O5S/c1-13(25)29-11-14-7-15(9-16(23)8-14)18-10-24-20(30-18)22(27)6-5-17(19(26)28-4)21(2,3)12-22/h7-10,17,27H,5-6,11-12,23H2,1-4H3/t17-,22-/m1/s1. The van der Waals surface area contributed by atoms with Gasteiger partial charge in [0.1, 0.15) is 17.2 Å². The van der Waals surface area contributed by atoms with Gasteiger partial charge in [0.05, 0.1) is 17.9 Å². The summed E-state index contributed by atoms with van der Waals surface area (Å²) in [6.07, 6.45) is 3.12. The largest absolute Gasteiger partial charge is 0.469 e. The number of thiazole rings is 1. The minimum atomic E-state index is -1.10. The average molecular weight is 433 g/mol. The predicted molar refractivity (Wildman–Crippen MR) is 114 cm³/mol. The number of ether oxygens (including phenoxy) is 2. The lowest BCUT2D eigenvalue weighted by Gasteiger charge is -2.44. The Labute approximate surface area is 180 Å². The minimum absolute atomic E-state index is 0.145. The quantitative estimate of drug-likeness (QED) is 0.548. The van der Waals surface area contributed by atoms with Crippen LogP contribution >= 0.6 is 11.3 Å². The molecule has 1 aliphatic carbocycles. The number of aliphatic hydroxyl groups is 1. The zero-order valence-electron chi connectivity index (χ0n) is 17.7. The maximum atomic E-state index is 12.1. The van der Waals surface area contributed by atoms with Crippen molar-refractivity contribution in [1.29, 1.82) is 0 Å². The number of hydrogen-bond acceptors (Lipinski definition) is 8. The van der Waals surface area contributed by atoms with Gasteiger partial charge in [0.25, 0.3) is 0 Å². The molecule has 0 bridgehead atoms. The second-order valence-electron chi connectivity index (χ2n) is 8.58. The molecule has 0 spiro atoms. The Hall–Kier alpha value is -2.45. The monoisotopic (exact) mass is 432 g/mol. The fourth-order valence-electron chi connectivity index (χ4n) is 4.25. The molecule has 1 aromatic heterocycles. The van der Waals surface area contributed by atoms with E-state index in [0.717, 1.165) is 16.0 Å². The SMILES string of the molecule is COC(=O)[C@H]1CC[C@](O)(c2ncc(-c3cc(N)cc(COC(C)=O)c3)s2)CC1(C)C. The molecular formula is C22H28N2O5S. The first-order valence-corrected chi connectivity index (χ1v) is 10.7. The number of esters is 2. The highest BCUT2D eigenvalue weighted by atomic mass is 32.1.